The van der Waals surface area contributed by atoms with E-state index >= 15 is 0 Å². The van der Waals surface area contributed by atoms with Crippen molar-refractivity contribution < 1.29 is 14.3 Å². The fourth-order valence-corrected chi connectivity index (χ4v) is 3.24. The van der Waals surface area contributed by atoms with Crippen molar-refractivity contribution in [2.45, 2.75) is 12.8 Å². The van der Waals surface area contributed by atoms with Gasteiger partial charge >= 0.3 is 5.97 Å². The Morgan fingerprint density at radius 2 is 2.04 bits per heavy atom. The first-order valence-electron chi connectivity index (χ1n) is 7.05. The van der Waals surface area contributed by atoms with E-state index in [1.165, 1.54) is 4.88 Å². The highest BCUT2D eigenvalue weighted by molar-refractivity contribution is 7.16. The number of cyclic esters (lactones) is 1. The maximum atomic E-state index is 11.9. The zero-order valence-electron chi connectivity index (χ0n) is 12.4. The van der Waals surface area contributed by atoms with E-state index in [4.69, 9.17) is 21.1 Å². The third kappa shape index (κ3) is 3.81. The first-order chi connectivity index (χ1) is 11.2. The smallest absolute Gasteiger partial charge is 0.363 e. The number of nitrogens with zero attached hydrogens (tertiary/aromatic N) is 1. The lowest BCUT2D eigenvalue weighted by Gasteiger charge is -2.01. The van der Waals surface area contributed by atoms with E-state index in [2.05, 4.69) is 4.99 Å². The van der Waals surface area contributed by atoms with E-state index in [-0.39, 0.29) is 0 Å². The van der Waals surface area contributed by atoms with Gasteiger partial charge in [-0.3, -0.25) is 0 Å². The Morgan fingerprint density at radius 3 is 2.70 bits per heavy atom. The van der Waals surface area contributed by atoms with Crippen molar-refractivity contribution in [2.75, 3.05) is 7.11 Å². The maximum Gasteiger partial charge on any atom is 0.363 e. The molecule has 0 saturated carbocycles. The summed E-state index contributed by atoms with van der Waals surface area (Å²) < 4.78 is 11.1. The molecule has 2 aromatic rings. The Morgan fingerprint density at radius 1 is 1.26 bits per heavy atom. The Kier molecular flexibility index (Phi) is 4.79. The van der Waals surface area contributed by atoms with E-state index in [0.717, 1.165) is 22.1 Å². The quantitative estimate of drug-likeness (QED) is 0.600. The van der Waals surface area contributed by atoms with Gasteiger partial charge in [-0.2, -0.15) is 0 Å². The maximum absolute atomic E-state index is 11.9. The standard InChI is InChI=1S/C17H14ClNO3S/c1-21-12-7-5-11(6-8-12)16-19-14(17(20)22-16)4-2-3-13-9-10-15(18)23-13/h4-10H,2-3H2,1H3/b14-4-. The van der Waals surface area contributed by atoms with Crippen LogP contribution in [0, 0.1) is 0 Å². The molecule has 0 bridgehead atoms. The first kappa shape index (κ1) is 15.8. The van der Waals surface area contributed by atoms with E-state index in [0.29, 0.717) is 18.0 Å². The van der Waals surface area contributed by atoms with Gasteiger partial charge in [0, 0.05) is 10.4 Å². The molecule has 23 heavy (non-hydrogen) atoms. The second-order valence-corrected chi connectivity index (χ2v) is 6.67. The minimum Gasteiger partial charge on any atom is -0.497 e. The summed E-state index contributed by atoms with van der Waals surface area (Å²) in [6, 6.07) is 11.1. The molecular weight excluding hydrogens is 334 g/mol. The summed E-state index contributed by atoms with van der Waals surface area (Å²) in [5.41, 5.74) is 1.09. The van der Waals surface area contributed by atoms with Gasteiger partial charge in [-0.15, -0.1) is 11.3 Å². The molecule has 1 aliphatic heterocycles. The summed E-state index contributed by atoms with van der Waals surface area (Å²) in [6.45, 7) is 0. The molecule has 0 spiro atoms. The third-order valence-corrected chi connectivity index (χ3v) is 4.61. The third-order valence-electron chi connectivity index (χ3n) is 3.31. The van der Waals surface area contributed by atoms with Crippen LogP contribution in [-0.4, -0.2) is 19.0 Å². The minimum absolute atomic E-state index is 0.322. The molecule has 0 atom stereocenters. The Bertz CT molecular complexity index is 777. The van der Waals surface area contributed by atoms with Crippen LogP contribution in [0.2, 0.25) is 4.34 Å². The molecular formula is C17H14ClNO3S. The van der Waals surface area contributed by atoms with Crippen LogP contribution in [0.3, 0.4) is 0 Å². The highest BCUT2D eigenvalue weighted by atomic mass is 35.5. The Labute approximate surface area is 143 Å². The molecule has 0 fully saturated rings. The van der Waals surface area contributed by atoms with Gasteiger partial charge in [-0.1, -0.05) is 17.7 Å². The Balaban J connectivity index is 1.68. The lowest BCUT2D eigenvalue weighted by molar-refractivity contribution is -0.130. The van der Waals surface area contributed by atoms with Gasteiger partial charge in [-0.05, 0) is 49.2 Å². The zero-order chi connectivity index (χ0) is 16.2. The lowest BCUT2D eigenvalue weighted by Crippen LogP contribution is -2.05. The highest BCUT2D eigenvalue weighted by Crippen LogP contribution is 2.23. The summed E-state index contributed by atoms with van der Waals surface area (Å²) in [5.74, 6) is 0.646. The molecule has 118 valence electrons. The van der Waals surface area contributed by atoms with Crippen LogP contribution in [0.1, 0.15) is 16.9 Å². The molecule has 2 heterocycles. The summed E-state index contributed by atoms with van der Waals surface area (Å²) in [4.78, 5) is 17.3. The molecule has 0 radical (unpaired) electrons. The number of hydrogen-bond acceptors (Lipinski definition) is 5. The van der Waals surface area contributed by atoms with E-state index in [1.807, 2.05) is 24.3 Å². The number of thiophene rings is 1. The van der Waals surface area contributed by atoms with Gasteiger partial charge in [0.25, 0.3) is 0 Å². The van der Waals surface area contributed by atoms with Gasteiger partial charge in [0.15, 0.2) is 0 Å². The molecule has 4 nitrogen and oxygen atoms in total. The number of hydrogen-bond donors (Lipinski definition) is 0. The van der Waals surface area contributed by atoms with Crippen molar-refractivity contribution in [3.63, 3.8) is 0 Å². The lowest BCUT2D eigenvalue weighted by atomic mass is 10.2. The van der Waals surface area contributed by atoms with Crippen LogP contribution < -0.4 is 4.74 Å². The molecule has 0 amide bonds. The minimum atomic E-state index is -0.417. The fraction of sp³-hybridized carbons (Fsp3) is 0.176. The molecule has 1 aromatic heterocycles. The number of benzene rings is 1. The number of methoxy groups -OCH3 is 1. The number of halogens is 1. The van der Waals surface area contributed by atoms with Crippen molar-refractivity contribution in [3.8, 4) is 5.75 Å². The van der Waals surface area contributed by atoms with Crippen LogP contribution >= 0.6 is 22.9 Å². The van der Waals surface area contributed by atoms with Crippen LogP contribution in [0.4, 0.5) is 0 Å². The summed E-state index contributed by atoms with van der Waals surface area (Å²) in [5, 5.41) is 0. The largest absolute Gasteiger partial charge is 0.497 e. The number of carbonyl (C=O) groups is 1. The second-order valence-electron chi connectivity index (χ2n) is 4.87. The topological polar surface area (TPSA) is 47.9 Å². The Hall–Kier alpha value is -2.11. The summed E-state index contributed by atoms with van der Waals surface area (Å²) in [7, 11) is 1.60. The molecule has 0 N–H and O–H groups in total. The normalized spacial score (nSPS) is 15.7. The number of aliphatic imine (C=N–C) groups is 1. The SMILES string of the molecule is COc1ccc(C2=N/C(=C\CCc3ccc(Cl)s3)C(=O)O2)cc1. The first-order valence-corrected chi connectivity index (χ1v) is 8.25. The number of aryl methyl sites for hydroxylation is 1. The van der Waals surface area contributed by atoms with E-state index in [1.54, 1.807) is 36.7 Å². The van der Waals surface area contributed by atoms with Crippen LogP contribution in [0.5, 0.6) is 5.75 Å². The van der Waals surface area contributed by atoms with E-state index < -0.39 is 5.97 Å². The molecule has 6 heteroatoms. The van der Waals surface area contributed by atoms with Crippen molar-refractivity contribution in [1.29, 1.82) is 0 Å². The van der Waals surface area contributed by atoms with Crippen molar-refractivity contribution in [2.24, 2.45) is 4.99 Å². The monoisotopic (exact) mass is 347 g/mol. The predicted octanol–water partition coefficient (Wildman–Crippen LogP) is 4.23. The van der Waals surface area contributed by atoms with Crippen LogP contribution in [0.15, 0.2) is 53.2 Å². The number of allylic oxidation sites excluding steroid dienone is 1. The number of rotatable bonds is 5. The van der Waals surface area contributed by atoms with Crippen LogP contribution in [0.25, 0.3) is 0 Å². The number of esters is 1. The number of ether oxygens (including phenoxy) is 2. The molecule has 3 rings (SSSR count). The van der Waals surface area contributed by atoms with Gasteiger partial charge in [-0.25, -0.2) is 9.79 Å². The fourth-order valence-electron chi connectivity index (χ4n) is 2.14. The van der Waals surface area contributed by atoms with Crippen LogP contribution in [-0.2, 0) is 16.0 Å². The zero-order valence-corrected chi connectivity index (χ0v) is 14.0. The molecule has 0 unspecified atom stereocenters. The highest BCUT2D eigenvalue weighted by Gasteiger charge is 2.23. The van der Waals surface area contributed by atoms with Crippen molar-refractivity contribution in [3.05, 3.63) is 62.9 Å². The molecule has 0 saturated heterocycles. The average Bonchev–Trinajstić information content (AvgIpc) is 3.14. The number of carbonyl (C=O) groups excluding carboxylic acids is 1. The molecule has 1 aliphatic rings. The summed E-state index contributed by atoms with van der Waals surface area (Å²) in [6.07, 6.45) is 3.33. The van der Waals surface area contributed by atoms with Crippen molar-refractivity contribution in [1.82, 2.24) is 0 Å². The molecule has 0 aliphatic carbocycles. The molecule has 1 aromatic carbocycles. The van der Waals surface area contributed by atoms with E-state index in [9.17, 15) is 4.79 Å². The van der Waals surface area contributed by atoms with Gasteiger partial charge < -0.3 is 9.47 Å². The predicted molar refractivity (Wildman–Crippen MR) is 91.4 cm³/mol. The van der Waals surface area contributed by atoms with Gasteiger partial charge in [0.2, 0.25) is 5.90 Å². The van der Waals surface area contributed by atoms with Gasteiger partial charge in [0.05, 0.1) is 11.4 Å². The van der Waals surface area contributed by atoms with Gasteiger partial charge in [0.1, 0.15) is 11.4 Å². The summed E-state index contributed by atoms with van der Waals surface area (Å²) >= 11 is 7.44. The second kappa shape index (κ2) is 6.98. The average molecular weight is 348 g/mol. The van der Waals surface area contributed by atoms with Crippen molar-refractivity contribution >= 4 is 34.8 Å².